The molecule has 1 amide bonds. The summed E-state index contributed by atoms with van der Waals surface area (Å²) in [6, 6.07) is 11.1. The Kier molecular flexibility index (Phi) is 2.77. The van der Waals surface area contributed by atoms with E-state index in [-0.39, 0.29) is 0 Å². The van der Waals surface area contributed by atoms with Crippen LogP contribution < -0.4 is 10.5 Å². The van der Waals surface area contributed by atoms with Crippen molar-refractivity contribution in [1.29, 1.82) is 0 Å². The van der Waals surface area contributed by atoms with Crippen molar-refractivity contribution in [3.63, 3.8) is 0 Å². The molecule has 2 aromatic carbocycles. The maximum Gasteiger partial charge on any atom is 0.274 e. The van der Waals surface area contributed by atoms with Crippen molar-refractivity contribution < 1.29 is 9.53 Å². The van der Waals surface area contributed by atoms with Gasteiger partial charge in [0.05, 0.1) is 12.2 Å². The van der Waals surface area contributed by atoms with Crippen molar-refractivity contribution in [2.45, 2.75) is 6.92 Å². The van der Waals surface area contributed by atoms with E-state index in [0.717, 1.165) is 10.8 Å². The molecular weight excluding hydrogens is 202 g/mol. The molecule has 0 heterocycles. The molecule has 1 N–H and O–H groups in total. The second kappa shape index (κ2) is 4.23. The van der Waals surface area contributed by atoms with Crippen LogP contribution in [0.15, 0.2) is 36.4 Å². The van der Waals surface area contributed by atoms with Gasteiger partial charge in [-0.25, -0.2) is 0 Å². The Morgan fingerprint density at radius 1 is 1.25 bits per heavy atom. The molecule has 16 heavy (non-hydrogen) atoms. The molecule has 3 heteroatoms. The third-order valence-electron chi connectivity index (χ3n) is 2.42. The number of carbonyl (C=O) groups excluding carboxylic acids is 1. The molecule has 0 aliphatic rings. The zero-order valence-corrected chi connectivity index (χ0v) is 8.99. The molecule has 0 bridgehead atoms. The van der Waals surface area contributed by atoms with Gasteiger partial charge in [0.15, 0.2) is 0 Å². The summed E-state index contributed by atoms with van der Waals surface area (Å²) < 4.78 is 5.37. The summed E-state index contributed by atoms with van der Waals surface area (Å²) >= 11 is 0. The fraction of sp³-hybridized carbons (Fsp3) is 0.154. The zero-order valence-electron chi connectivity index (χ0n) is 8.99. The fourth-order valence-electron chi connectivity index (χ4n) is 1.76. The van der Waals surface area contributed by atoms with Gasteiger partial charge in [-0.2, -0.15) is 0 Å². The molecule has 0 saturated heterocycles. The van der Waals surface area contributed by atoms with Crippen molar-refractivity contribution in [3.8, 4) is 5.75 Å². The van der Waals surface area contributed by atoms with Gasteiger partial charge in [0.25, 0.3) is 5.91 Å². The normalized spacial score (nSPS) is 10.3. The Bertz CT molecular complexity index is 534. The zero-order chi connectivity index (χ0) is 11.5. The Labute approximate surface area is 93.8 Å². The first-order chi connectivity index (χ1) is 7.74. The Balaban J connectivity index is 2.73. The lowest BCUT2D eigenvalue weighted by molar-refractivity contribution is 0.0990. The molecule has 3 nitrogen and oxygen atoms in total. The third-order valence-corrected chi connectivity index (χ3v) is 2.42. The number of ether oxygens (including phenoxy) is 1. The highest BCUT2D eigenvalue weighted by molar-refractivity contribution is 6.08. The lowest BCUT2D eigenvalue weighted by atomic mass is 10.0. The molecule has 0 aliphatic heterocycles. The molecule has 0 spiro atoms. The highest BCUT2D eigenvalue weighted by Crippen LogP contribution is 2.27. The van der Waals surface area contributed by atoms with Gasteiger partial charge in [-0.15, -0.1) is 0 Å². The van der Waals surface area contributed by atoms with Gasteiger partial charge in [-0.05, 0) is 23.8 Å². The minimum Gasteiger partial charge on any atom is -0.493 e. The molecule has 0 fully saturated rings. The van der Waals surface area contributed by atoms with E-state index in [0.29, 0.717) is 17.9 Å². The van der Waals surface area contributed by atoms with E-state index in [1.807, 2.05) is 37.3 Å². The predicted octanol–water partition coefficient (Wildman–Crippen LogP) is 2.66. The summed E-state index contributed by atoms with van der Waals surface area (Å²) in [6.07, 6.45) is 0. The standard InChI is InChI=1S/C13H12NO2/c1-2-16-11-8-7-9-5-3-4-6-10(9)12(11)13(14)15/h3-8,14H,2H2,1H3. The minimum absolute atomic E-state index is 0.347. The van der Waals surface area contributed by atoms with Crippen LogP contribution in [-0.4, -0.2) is 12.5 Å². The van der Waals surface area contributed by atoms with Crippen LogP contribution in [0, 0.1) is 0 Å². The van der Waals surface area contributed by atoms with Gasteiger partial charge in [-0.1, -0.05) is 30.3 Å². The number of carbonyl (C=O) groups is 1. The first kappa shape index (κ1) is 10.5. The van der Waals surface area contributed by atoms with Crippen molar-refractivity contribution in [2.24, 2.45) is 0 Å². The minimum atomic E-state index is -0.708. The molecule has 2 aromatic rings. The summed E-state index contributed by atoms with van der Waals surface area (Å²) in [4.78, 5) is 11.3. The highest BCUT2D eigenvalue weighted by Gasteiger charge is 2.13. The third kappa shape index (κ3) is 1.72. The van der Waals surface area contributed by atoms with Crippen LogP contribution in [0.1, 0.15) is 17.3 Å². The molecule has 81 valence electrons. The molecular formula is C13H12NO2. The SMILES string of the molecule is CCOc1ccc2ccccc2c1C([NH])=O. The van der Waals surface area contributed by atoms with E-state index in [9.17, 15) is 4.79 Å². The smallest absolute Gasteiger partial charge is 0.274 e. The van der Waals surface area contributed by atoms with Crippen LogP contribution in [-0.2, 0) is 0 Å². The Morgan fingerprint density at radius 3 is 2.69 bits per heavy atom. The number of hydrogen-bond donors (Lipinski definition) is 0. The van der Waals surface area contributed by atoms with E-state index in [1.165, 1.54) is 0 Å². The number of fused-ring (bicyclic) bond motifs is 1. The summed E-state index contributed by atoms with van der Waals surface area (Å²) in [5.41, 5.74) is 7.65. The molecule has 0 unspecified atom stereocenters. The van der Waals surface area contributed by atoms with Crippen LogP contribution in [0.2, 0.25) is 0 Å². The Morgan fingerprint density at radius 2 is 2.00 bits per heavy atom. The number of benzene rings is 2. The second-order valence-corrected chi connectivity index (χ2v) is 3.42. The topological polar surface area (TPSA) is 50.1 Å². The van der Waals surface area contributed by atoms with Gasteiger partial charge < -0.3 is 4.74 Å². The maximum absolute atomic E-state index is 11.3. The largest absolute Gasteiger partial charge is 0.493 e. The average molecular weight is 214 g/mol. The van der Waals surface area contributed by atoms with Crippen molar-refractivity contribution in [3.05, 3.63) is 42.0 Å². The van der Waals surface area contributed by atoms with Crippen LogP contribution in [0.3, 0.4) is 0 Å². The first-order valence-corrected chi connectivity index (χ1v) is 5.14. The van der Waals surface area contributed by atoms with Crippen molar-refractivity contribution >= 4 is 16.7 Å². The van der Waals surface area contributed by atoms with Gasteiger partial charge in [0, 0.05) is 0 Å². The predicted molar refractivity (Wildman–Crippen MR) is 62.5 cm³/mol. The number of nitrogens with one attached hydrogen (secondary N) is 1. The molecule has 0 atom stereocenters. The van der Waals surface area contributed by atoms with E-state index >= 15 is 0 Å². The molecule has 0 aromatic heterocycles. The average Bonchev–Trinajstić information content (AvgIpc) is 2.28. The van der Waals surface area contributed by atoms with Crippen LogP contribution in [0.5, 0.6) is 5.75 Å². The quantitative estimate of drug-likeness (QED) is 0.788. The first-order valence-electron chi connectivity index (χ1n) is 5.14. The van der Waals surface area contributed by atoms with E-state index in [4.69, 9.17) is 10.5 Å². The number of hydrogen-bond acceptors (Lipinski definition) is 2. The molecule has 0 saturated carbocycles. The summed E-state index contributed by atoms with van der Waals surface area (Å²) in [6.45, 7) is 2.34. The van der Waals surface area contributed by atoms with Crippen molar-refractivity contribution in [1.82, 2.24) is 5.73 Å². The van der Waals surface area contributed by atoms with Gasteiger partial charge >= 0.3 is 0 Å². The van der Waals surface area contributed by atoms with Crippen LogP contribution >= 0.6 is 0 Å². The lowest BCUT2D eigenvalue weighted by Crippen LogP contribution is -2.05. The Hall–Kier alpha value is -2.03. The molecule has 2 rings (SSSR count). The van der Waals surface area contributed by atoms with Crippen LogP contribution in [0.25, 0.3) is 10.8 Å². The second-order valence-electron chi connectivity index (χ2n) is 3.42. The number of amides is 1. The summed E-state index contributed by atoms with van der Waals surface area (Å²) in [7, 11) is 0. The fourth-order valence-corrected chi connectivity index (χ4v) is 1.76. The van der Waals surface area contributed by atoms with E-state index < -0.39 is 5.91 Å². The van der Waals surface area contributed by atoms with Crippen molar-refractivity contribution in [2.75, 3.05) is 6.61 Å². The van der Waals surface area contributed by atoms with Crippen LogP contribution in [0.4, 0.5) is 0 Å². The van der Waals surface area contributed by atoms with Gasteiger partial charge in [0.2, 0.25) is 0 Å². The molecule has 0 aliphatic carbocycles. The number of rotatable bonds is 3. The maximum atomic E-state index is 11.3. The van der Waals surface area contributed by atoms with E-state index in [2.05, 4.69) is 0 Å². The van der Waals surface area contributed by atoms with Gasteiger partial charge in [-0.3, -0.25) is 10.5 Å². The summed E-state index contributed by atoms with van der Waals surface area (Å²) in [5.74, 6) is -0.221. The lowest BCUT2D eigenvalue weighted by Gasteiger charge is -2.10. The van der Waals surface area contributed by atoms with E-state index in [1.54, 1.807) is 6.07 Å². The highest BCUT2D eigenvalue weighted by atomic mass is 16.5. The molecule has 1 radical (unpaired) electrons. The monoisotopic (exact) mass is 214 g/mol. The van der Waals surface area contributed by atoms with Gasteiger partial charge in [0.1, 0.15) is 5.75 Å². The summed E-state index contributed by atoms with van der Waals surface area (Å²) in [5, 5.41) is 1.72.